The van der Waals surface area contributed by atoms with Crippen LogP contribution in [0.3, 0.4) is 0 Å². The first-order valence-electron chi connectivity index (χ1n) is 7.24. The normalized spacial score (nSPS) is 10.4. The molecule has 0 aliphatic rings. The minimum atomic E-state index is -1.00. The number of carboxylic acid groups (broad SMARTS) is 1. The highest BCUT2D eigenvalue weighted by molar-refractivity contribution is 6.03. The number of hydrogen-bond acceptors (Lipinski definition) is 5. The zero-order valence-corrected chi connectivity index (χ0v) is 13.2. The first-order chi connectivity index (χ1) is 11.6. The molecule has 122 valence electrons. The molecule has 0 saturated heterocycles. The molecule has 6 heteroatoms. The predicted octanol–water partition coefficient (Wildman–Crippen LogP) is 3.69. The number of fused-ring (bicyclic) bond motifs is 1. The van der Waals surface area contributed by atoms with Crippen LogP contribution < -0.4 is 14.8 Å². The number of carboxylic acids is 1. The van der Waals surface area contributed by atoms with Gasteiger partial charge in [0.15, 0.2) is 0 Å². The van der Waals surface area contributed by atoms with E-state index in [2.05, 4.69) is 10.3 Å². The Morgan fingerprint density at radius 3 is 2.58 bits per heavy atom. The number of hydrogen-bond donors (Lipinski definition) is 2. The highest BCUT2D eigenvalue weighted by Gasteiger charge is 2.13. The van der Waals surface area contributed by atoms with Crippen LogP contribution in [0.4, 0.5) is 11.5 Å². The molecule has 3 rings (SSSR count). The van der Waals surface area contributed by atoms with Gasteiger partial charge in [-0.05, 0) is 24.3 Å². The fourth-order valence-corrected chi connectivity index (χ4v) is 2.46. The molecule has 0 radical (unpaired) electrons. The van der Waals surface area contributed by atoms with Gasteiger partial charge in [0.1, 0.15) is 17.3 Å². The summed E-state index contributed by atoms with van der Waals surface area (Å²) in [4.78, 5) is 16.0. The molecule has 1 heterocycles. The van der Waals surface area contributed by atoms with E-state index in [-0.39, 0.29) is 5.56 Å². The fraction of sp³-hybridized carbons (Fsp3) is 0.111. The third-order valence-corrected chi connectivity index (χ3v) is 3.62. The molecule has 0 aliphatic carbocycles. The Labute approximate surface area is 138 Å². The molecule has 0 saturated carbocycles. The molecule has 2 aromatic carbocycles. The van der Waals surface area contributed by atoms with Gasteiger partial charge < -0.3 is 19.9 Å². The van der Waals surface area contributed by atoms with Crippen LogP contribution in [0.15, 0.2) is 48.5 Å². The first-order valence-corrected chi connectivity index (χ1v) is 7.24. The van der Waals surface area contributed by atoms with E-state index in [9.17, 15) is 9.90 Å². The number of pyridine rings is 1. The van der Waals surface area contributed by atoms with Gasteiger partial charge in [-0.15, -0.1) is 0 Å². The minimum absolute atomic E-state index is 0.190. The van der Waals surface area contributed by atoms with Crippen molar-refractivity contribution in [2.75, 3.05) is 19.5 Å². The van der Waals surface area contributed by atoms with E-state index in [0.717, 1.165) is 0 Å². The second kappa shape index (κ2) is 6.45. The largest absolute Gasteiger partial charge is 0.497 e. The monoisotopic (exact) mass is 324 g/mol. The van der Waals surface area contributed by atoms with Gasteiger partial charge in [-0.3, -0.25) is 0 Å². The smallest absolute Gasteiger partial charge is 0.336 e. The van der Waals surface area contributed by atoms with Crippen molar-refractivity contribution in [2.45, 2.75) is 0 Å². The van der Waals surface area contributed by atoms with E-state index in [0.29, 0.717) is 33.9 Å². The number of nitrogens with one attached hydrogen (secondary N) is 1. The van der Waals surface area contributed by atoms with Gasteiger partial charge in [0.05, 0.1) is 31.0 Å². The molecule has 0 aliphatic heterocycles. The Bertz CT molecular complexity index is 909. The van der Waals surface area contributed by atoms with E-state index in [1.54, 1.807) is 50.6 Å². The van der Waals surface area contributed by atoms with Crippen LogP contribution in [0, 0.1) is 0 Å². The zero-order valence-electron chi connectivity index (χ0n) is 13.2. The molecule has 3 aromatic rings. The van der Waals surface area contributed by atoms with Crippen molar-refractivity contribution >= 4 is 28.4 Å². The van der Waals surface area contributed by atoms with Crippen LogP contribution in [0.5, 0.6) is 11.5 Å². The van der Waals surface area contributed by atoms with Gasteiger partial charge in [-0.25, -0.2) is 9.78 Å². The Morgan fingerprint density at radius 1 is 1.08 bits per heavy atom. The third kappa shape index (κ3) is 2.94. The Hall–Kier alpha value is -3.28. The van der Waals surface area contributed by atoms with Crippen molar-refractivity contribution in [3.8, 4) is 11.5 Å². The van der Waals surface area contributed by atoms with E-state index in [4.69, 9.17) is 9.47 Å². The summed E-state index contributed by atoms with van der Waals surface area (Å²) in [6.07, 6.45) is 0. The second-order valence-electron chi connectivity index (χ2n) is 5.07. The molecule has 0 unspecified atom stereocenters. The number of anilines is 2. The van der Waals surface area contributed by atoms with Crippen molar-refractivity contribution in [2.24, 2.45) is 0 Å². The summed E-state index contributed by atoms with van der Waals surface area (Å²) in [5, 5.41) is 13.1. The van der Waals surface area contributed by atoms with Crippen LogP contribution in [0.25, 0.3) is 10.9 Å². The van der Waals surface area contributed by atoms with Gasteiger partial charge in [0.2, 0.25) is 0 Å². The standard InChI is InChI=1S/C18H16N2O4/c1-23-11-7-8-15(16(9-11)24-2)20-17-10-13(18(21)22)12-5-3-4-6-14(12)19-17/h3-10H,1-2H3,(H,19,20)(H,21,22). The molecule has 0 fully saturated rings. The van der Waals surface area contributed by atoms with E-state index in [1.165, 1.54) is 6.07 Å². The second-order valence-corrected chi connectivity index (χ2v) is 5.07. The Balaban J connectivity index is 2.06. The molecule has 6 nitrogen and oxygen atoms in total. The molecule has 0 bridgehead atoms. The summed E-state index contributed by atoms with van der Waals surface area (Å²) >= 11 is 0. The van der Waals surface area contributed by atoms with E-state index >= 15 is 0 Å². The Kier molecular flexibility index (Phi) is 4.20. The number of methoxy groups -OCH3 is 2. The first kappa shape index (κ1) is 15.6. The van der Waals surface area contributed by atoms with Crippen molar-refractivity contribution < 1.29 is 19.4 Å². The van der Waals surface area contributed by atoms with Crippen LogP contribution >= 0.6 is 0 Å². The number of aromatic nitrogens is 1. The highest BCUT2D eigenvalue weighted by atomic mass is 16.5. The van der Waals surface area contributed by atoms with E-state index in [1.807, 2.05) is 6.07 Å². The lowest BCUT2D eigenvalue weighted by atomic mass is 10.1. The summed E-state index contributed by atoms with van der Waals surface area (Å²) in [7, 11) is 3.13. The fourth-order valence-electron chi connectivity index (χ4n) is 2.46. The van der Waals surface area contributed by atoms with Crippen LogP contribution in [0.2, 0.25) is 0 Å². The Morgan fingerprint density at radius 2 is 1.88 bits per heavy atom. The lowest BCUT2D eigenvalue weighted by Gasteiger charge is -2.13. The average Bonchev–Trinajstić information content (AvgIpc) is 2.61. The minimum Gasteiger partial charge on any atom is -0.497 e. The molecular formula is C18H16N2O4. The average molecular weight is 324 g/mol. The lowest BCUT2D eigenvalue weighted by Crippen LogP contribution is -2.03. The molecule has 2 N–H and O–H groups in total. The van der Waals surface area contributed by atoms with Crippen LogP contribution in [-0.2, 0) is 0 Å². The molecular weight excluding hydrogens is 308 g/mol. The lowest BCUT2D eigenvalue weighted by molar-refractivity contribution is 0.0699. The topological polar surface area (TPSA) is 80.7 Å². The maximum atomic E-state index is 11.5. The number of para-hydroxylation sites is 1. The molecule has 1 aromatic heterocycles. The summed E-state index contributed by atoms with van der Waals surface area (Å²) in [6, 6.07) is 13.9. The number of ether oxygens (including phenoxy) is 2. The zero-order chi connectivity index (χ0) is 17.1. The number of benzene rings is 2. The van der Waals surface area contributed by atoms with Crippen molar-refractivity contribution in [3.63, 3.8) is 0 Å². The van der Waals surface area contributed by atoms with Gasteiger partial charge >= 0.3 is 5.97 Å². The van der Waals surface area contributed by atoms with Gasteiger partial charge in [0, 0.05) is 11.5 Å². The maximum absolute atomic E-state index is 11.5. The van der Waals surface area contributed by atoms with Crippen molar-refractivity contribution in [1.82, 2.24) is 4.98 Å². The summed E-state index contributed by atoms with van der Waals surface area (Å²) in [5.41, 5.74) is 1.46. The van der Waals surface area contributed by atoms with Crippen LogP contribution in [-0.4, -0.2) is 30.3 Å². The molecule has 0 atom stereocenters. The predicted molar refractivity (Wildman–Crippen MR) is 91.5 cm³/mol. The molecule has 0 amide bonds. The van der Waals surface area contributed by atoms with Gasteiger partial charge in [0.25, 0.3) is 0 Å². The quantitative estimate of drug-likeness (QED) is 0.745. The SMILES string of the molecule is COc1ccc(Nc2cc(C(=O)O)c3ccccc3n2)c(OC)c1. The molecule has 24 heavy (non-hydrogen) atoms. The van der Waals surface area contributed by atoms with Crippen LogP contribution in [0.1, 0.15) is 10.4 Å². The summed E-state index contributed by atoms with van der Waals surface area (Å²) in [6.45, 7) is 0. The van der Waals surface area contributed by atoms with Crippen molar-refractivity contribution in [1.29, 1.82) is 0 Å². The number of carbonyl (C=O) groups is 1. The maximum Gasteiger partial charge on any atom is 0.336 e. The summed E-state index contributed by atoms with van der Waals surface area (Å²) in [5.74, 6) is 0.657. The van der Waals surface area contributed by atoms with Gasteiger partial charge in [-0.2, -0.15) is 0 Å². The number of aromatic carboxylic acids is 1. The summed E-state index contributed by atoms with van der Waals surface area (Å²) < 4.78 is 10.5. The highest BCUT2D eigenvalue weighted by Crippen LogP contribution is 2.32. The molecule has 0 spiro atoms. The number of nitrogens with zero attached hydrogens (tertiary/aromatic N) is 1. The third-order valence-electron chi connectivity index (χ3n) is 3.62. The van der Waals surface area contributed by atoms with E-state index < -0.39 is 5.97 Å². The number of rotatable bonds is 5. The van der Waals surface area contributed by atoms with Gasteiger partial charge in [-0.1, -0.05) is 18.2 Å². The van der Waals surface area contributed by atoms with Crippen molar-refractivity contribution in [3.05, 3.63) is 54.1 Å².